The van der Waals surface area contributed by atoms with E-state index in [1.807, 2.05) is 22.8 Å². The molecule has 28 heavy (non-hydrogen) atoms. The smallest absolute Gasteiger partial charge is 0.287 e. The van der Waals surface area contributed by atoms with E-state index in [0.29, 0.717) is 31.2 Å². The molecule has 2 aliphatic rings. The average molecular weight is 382 g/mol. The van der Waals surface area contributed by atoms with Crippen LogP contribution in [-0.4, -0.2) is 48.2 Å². The number of hydrogen-bond donors (Lipinski definition) is 1. The Morgan fingerprint density at radius 2 is 2.04 bits per heavy atom. The summed E-state index contributed by atoms with van der Waals surface area (Å²) in [6.45, 7) is 2.51. The van der Waals surface area contributed by atoms with Gasteiger partial charge in [0.1, 0.15) is 0 Å². The molecule has 1 aromatic carbocycles. The molecule has 0 atom stereocenters. The molecular weight excluding hydrogens is 356 g/mol. The Morgan fingerprint density at radius 1 is 1.18 bits per heavy atom. The summed E-state index contributed by atoms with van der Waals surface area (Å²) in [5.41, 5.74) is 3.46. The van der Waals surface area contributed by atoms with Crippen LogP contribution in [0.5, 0.6) is 0 Å². The van der Waals surface area contributed by atoms with Crippen molar-refractivity contribution in [3.8, 4) is 0 Å². The number of carbonyl (C=O) groups excluding carboxylic acids is 2. The molecule has 148 valence electrons. The van der Waals surface area contributed by atoms with Gasteiger partial charge >= 0.3 is 0 Å². The first-order valence-corrected chi connectivity index (χ1v) is 9.97. The number of methoxy groups -OCH3 is 1. The first-order chi connectivity index (χ1) is 13.7. The summed E-state index contributed by atoms with van der Waals surface area (Å²) < 4.78 is 6.95. The molecule has 3 heterocycles. The van der Waals surface area contributed by atoms with Crippen LogP contribution in [0, 0.1) is 0 Å². The molecule has 0 aliphatic carbocycles. The standard InChI is InChI=1S/C21H26N4O3/c1-28-14-6-11-22-20(26)19-23-18(17-9-4-5-12-24(17)19)21(27)25-13-10-15-7-2-3-8-16(15)25/h2-3,7-8H,4-6,9-14H2,1H3,(H,22,26). The van der Waals surface area contributed by atoms with E-state index in [4.69, 9.17) is 4.74 Å². The number of amides is 2. The number of carbonyl (C=O) groups is 2. The number of aromatic nitrogens is 2. The number of para-hydroxylation sites is 1. The highest BCUT2D eigenvalue weighted by molar-refractivity contribution is 6.07. The van der Waals surface area contributed by atoms with E-state index >= 15 is 0 Å². The fourth-order valence-electron chi connectivity index (χ4n) is 4.06. The van der Waals surface area contributed by atoms with E-state index in [9.17, 15) is 9.59 Å². The minimum absolute atomic E-state index is 0.103. The number of nitrogens with one attached hydrogen (secondary N) is 1. The van der Waals surface area contributed by atoms with Gasteiger partial charge in [-0.05, 0) is 43.7 Å². The number of anilines is 1. The molecule has 2 aromatic rings. The van der Waals surface area contributed by atoms with Crippen molar-refractivity contribution in [2.45, 2.75) is 38.6 Å². The number of hydrogen-bond acceptors (Lipinski definition) is 4. The van der Waals surface area contributed by atoms with Crippen molar-refractivity contribution in [3.63, 3.8) is 0 Å². The Bertz CT molecular complexity index is 890. The molecule has 0 saturated carbocycles. The maximum Gasteiger partial charge on any atom is 0.287 e. The van der Waals surface area contributed by atoms with Crippen LogP contribution in [0.2, 0.25) is 0 Å². The van der Waals surface area contributed by atoms with Crippen LogP contribution in [0.25, 0.3) is 0 Å². The fraction of sp³-hybridized carbons (Fsp3) is 0.476. The minimum Gasteiger partial charge on any atom is -0.385 e. The fourth-order valence-corrected chi connectivity index (χ4v) is 4.06. The summed E-state index contributed by atoms with van der Waals surface area (Å²) in [5, 5.41) is 2.89. The Labute approximate surface area is 164 Å². The van der Waals surface area contributed by atoms with Gasteiger partial charge in [-0.15, -0.1) is 0 Å². The third-order valence-corrected chi connectivity index (χ3v) is 5.47. The van der Waals surface area contributed by atoms with Gasteiger partial charge in [0.2, 0.25) is 0 Å². The molecule has 0 unspecified atom stereocenters. The molecule has 7 nitrogen and oxygen atoms in total. The van der Waals surface area contributed by atoms with Gasteiger partial charge in [-0.3, -0.25) is 9.59 Å². The first kappa shape index (κ1) is 18.7. The molecule has 0 bridgehead atoms. The van der Waals surface area contributed by atoms with E-state index in [1.165, 1.54) is 5.56 Å². The van der Waals surface area contributed by atoms with Crippen LogP contribution in [0.3, 0.4) is 0 Å². The molecule has 1 aromatic heterocycles. The normalized spacial score (nSPS) is 15.2. The zero-order valence-corrected chi connectivity index (χ0v) is 16.2. The second-order valence-corrected chi connectivity index (χ2v) is 7.28. The molecule has 4 rings (SSSR count). The zero-order valence-electron chi connectivity index (χ0n) is 16.2. The molecular formula is C21H26N4O3. The van der Waals surface area contributed by atoms with Crippen molar-refractivity contribution in [1.29, 1.82) is 0 Å². The van der Waals surface area contributed by atoms with Crippen molar-refractivity contribution < 1.29 is 14.3 Å². The minimum atomic E-state index is -0.222. The van der Waals surface area contributed by atoms with Crippen LogP contribution >= 0.6 is 0 Å². The summed E-state index contributed by atoms with van der Waals surface area (Å²) >= 11 is 0. The number of benzene rings is 1. The Morgan fingerprint density at radius 3 is 2.89 bits per heavy atom. The van der Waals surface area contributed by atoms with Crippen molar-refractivity contribution in [2.75, 3.05) is 31.7 Å². The summed E-state index contributed by atoms with van der Waals surface area (Å²) in [4.78, 5) is 32.3. The zero-order chi connectivity index (χ0) is 19.5. The van der Waals surface area contributed by atoms with Gasteiger partial charge in [-0.1, -0.05) is 18.2 Å². The molecule has 0 spiro atoms. The second-order valence-electron chi connectivity index (χ2n) is 7.28. The predicted molar refractivity (Wildman–Crippen MR) is 106 cm³/mol. The maximum atomic E-state index is 13.3. The Hall–Kier alpha value is -2.67. The lowest BCUT2D eigenvalue weighted by molar-refractivity contribution is 0.0932. The van der Waals surface area contributed by atoms with Crippen molar-refractivity contribution in [1.82, 2.24) is 14.9 Å². The molecule has 1 N–H and O–H groups in total. The maximum absolute atomic E-state index is 13.3. The number of ether oxygens (including phenoxy) is 1. The number of imidazole rings is 1. The molecule has 7 heteroatoms. The van der Waals surface area contributed by atoms with E-state index < -0.39 is 0 Å². The highest BCUT2D eigenvalue weighted by Gasteiger charge is 2.32. The summed E-state index contributed by atoms with van der Waals surface area (Å²) in [5.74, 6) is 0.0251. The van der Waals surface area contributed by atoms with Gasteiger partial charge in [0.05, 0.1) is 5.69 Å². The van der Waals surface area contributed by atoms with E-state index in [-0.39, 0.29) is 11.8 Å². The van der Waals surface area contributed by atoms with Gasteiger partial charge in [0.25, 0.3) is 11.8 Å². The number of rotatable bonds is 6. The summed E-state index contributed by atoms with van der Waals surface area (Å²) in [7, 11) is 1.64. The van der Waals surface area contributed by atoms with E-state index in [2.05, 4.69) is 16.4 Å². The highest BCUT2D eigenvalue weighted by atomic mass is 16.5. The van der Waals surface area contributed by atoms with Crippen LogP contribution in [0.4, 0.5) is 5.69 Å². The van der Waals surface area contributed by atoms with Crippen LogP contribution in [0.15, 0.2) is 24.3 Å². The number of fused-ring (bicyclic) bond motifs is 2. The van der Waals surface area contributed by atoms with E-state index in [1.54, 1.807) is 12.0 Å². The Kier molecular flexibility index (Phi) is 5.43. The SMILES string of the molecule is COCCCNC(=O)c1nc(C(=O)N2CCc3ccccc32)c2n1CCCC2. The van der Waals surface area contributed by atoms with Crippen molar-refractivity contribution in [2.24, 2.45) is 0 Å². The van der Waals surface area contributed by atoms with Gasteiger partial charge in [-0.2, -0.15) is 0 Å². The summed E-state index contributed by atoms with van der Waals surface area (Å²) in [6, 6.07) is 7.99. The quantitative estimate of drug-likeness (QED) is 0.777. The van der Waals surface area contributed by atoms with Crippen molar-refractivity contribution in [3.05, 3.63) is 47.0 Å². The predicted octanol–water partition coefficient (Wildman–Crippen LogP) is 2.19. The van der Waals surface area contributed by atoms with Crippen molar-refractivity contribution >= 4 is 17.5 Å². The summed E-state index contributed by atoms with van der Waals surface area (Å²) in [6.07, 6.45) is 4.38. The molecule has 0 saturated heterocycles. The molecule has 2 aliphatic heterocycles. The molecule has 0 radical (unpaired) electrons. The lowest BCUT2D eigenvalue weighted by Gasteiger charge is -2.19. The lowest BCUT2D eigenvalue weighted by Crippen LogP contribution is -2.30. The average Bonchev–Trinajstić information content (AvgIpc) is 3.33. The Balaban J connectivity index is 1.60. The van der Waals surface area contributed by atoms with Gasteiger partial charge < -0.3 is 19.5 Å². The van der Waals surface area contributed by atoms with Gasteiger partial charge in [-0.25, -0.2) is 4.98 Å². The lowest BCUT2D eigenvalue weighted by atomic mass is 10.1. The van der Waals surface area contributed by atoms with Crippen LogP contribution in [0.1, 0.15) is 51.6 Å². The largest absolute Gasteiger partial charge is 0.385 e. The van der Waals surface area contributed by atoms with Gasteiger partial charge in [0.15, 0.2) is 11.5 Å². The highest BCUT2D eigenvalue weighted by Crippen LogP contribution is 2.30. The third kappa shape index (κ3) is 3.42. The first-order valence-electron chi connectivity index (χ1n) is 9.97. The second kappa shape index (κ2) is 8.14. The third-order valence-electron chi connectivity index (χ3n) is 5.47. The molecule has 0 fully saturated rings. The number of nitrogens with zero attached hydrogens (tertiary/aromatic N) is 3. The monoisotopic (exact) mass is 382 g/mol. The van der Waals surface area contributed by atoms with Crippen LogP contribution in [-0.2, 0) is 24.1 Å². The van der Waals surface area contributed by atoms with E-state index in [0.717, 1.165) is 50.0 Å². The molecule has 2 amide bonds. The van der Waals surface area contributed by atoms with Gasteiger partial charge in [0, 0.05) is 39.0 Å². The topological polar surface area (TPSA) is 76.5 Å². The van der Waals surface area contributed by atoms with Crippen LogP contribution < -0.4 is 10.2 Å².